The molecule has 1 unspecified atom stereocenters. The topological polar surface area (TPSA) is 57.6 Å². The molecule has 1 atom stereocenters. The van der Waals surface area contributed by atoms with Crippen LogP contribution in [-0.2, 0) is 10.0 Å². The van der Waals surface area contributed by atoms with Crippen LogP contribution in [0.25, 0.3) is 6.08 Å². The van der Waals surface area contributed by atoms with E-state index in [0.717, 1.165) is 18.4 Å². The normalized spacial score (nSPS) is 21.7. The molecule has 0 spiro atoms. The zero-order valence-electron chi connectivity index (χ0n) is 10.1. The van der Waals surface area contributed by atoms with Gasteiger partial charge in [0.15, 0.2) is 0 Å². The Balaban J connectivity index is 2.15. The Hall–Kier alpha value is -1.17. The van der Waals surface area contributed by atoms with Gasteiger partial charge in [-0.05, 0) is 24.5 Å². The van der Waals surface area contributed by atoms with Crippen molar-refractivity contribution in [1.29, 1.82) is 0 Å². The Kier molecular flexibility index (Phi) is 4.16. The zero-order chi connectivity index (χ0) is 13.0. The summed E-state index contributed by atoms with van der Waals surface area (Å²) in [5.74, 6) is 0. The minimum atomic E-state index is -3.43. The van der Waals surface area contributed by atoms with Crippen LogP contribution in [0, 0.1) is 0 Å². The van der Waals surface area contributed by atoms with Crippen LogP contribution in [0.2, 0.25) is 0 Å². The molecule has 0 saturated carbocycles. The minimum Gasteiger partial charge on any atom is -0.395 e. The van der Waals surface area contributed by atoms with E-state index in [2.05, 4.69) is 0 Å². The van der Waals surface area contributed by atoms with Crippen molar-refractivity contribution in [2.75, 3.05) is 13.2 Å². The fourth-order valence-corrected chi connectivity index (χ4v) is 3.59. The maximum atomic E-state index is 12.1. The van der Waals surface area contributed by atoms with E-state index in [0.29, 0.717) is 6.54 Å². The van der Waals surface area contributed by atoms with Crippen LogP contribution >= 0.6 is 0 Å². The molecule has 1 N–H and O–H groups in total. The maximum absolute atomic E-state index is 12.1. The fraction of sp³-hybridized carbons (Fsp3) is 0.385. The van der Waals surface area contributed by atoms with Crippen molar-refractivity contribution >= 4 is 16.1 Å². The summed E-state index contributed by atoms with van der Waals surface area (Å²) in [5.41, 5.74) is 0.848. The molecule has 1 aromatic carbocycles. The molecule has 0 amide bonds. The molecule has 1 aromatic rings. The average Bonchev–Trinajstić information content (AvgIpc) is 2.87. The second-order valence-electron chi connectivity index (χ2n) is 4.35. The molecule has 0 radical (unpaired) electrons. The highest BCUT2D eigenvalue weighted by molar-refractivity contribution is 7.92. The van der Waals surface area contributed by atoms with Crippen LogP contribution in [-0.4, -0.2) is 37.0 Å². The maximum Gasteiger partial charge on any atom is 0.236 e. The predicted molar refractivity (Wildman–Crippen MR) is 71.2 cm³/mol. The van der Waals surface area contributed by atoms with Gasteiger partial charge in [0, 0.05) is 18.0 Å². The van der Waals surface area contributed by atoms with E-state index in [-0.39, 0.29) is 12.6 Å². The van der Waals surface area contributed by atoms with Crippen LogP contribution in [0.1, 0.15) is 18.4 Å². The van der Waals surface area contributed by atoms with Gasteiger partial charge in [0.05, 0.1) is 6.61 Å². The van der Waals surface area contributed by atoms with Crippen molar-refractivity contribution < 1.29 is 13.5 Å². The molecule has 0 aromatic heterocycles. The largest absolute Gasteiger partial charge is 0.395 e. The standard InChI is InChI=1S/C13H17NO3S/c15-11-13-7-4-9-14(13)18(16,17)10-8-12-5-2-1-3-6-12/h1-3,5-6,8,10,13,15H,4,7,9,11H2. The lowest BCUT2D eigenvalue weighted by atomic mass is 10.2. The van der Waals surface area contributed by atoms with Gasteiger partial charge in [0.1, 0.15) is 0 Å². The highest BCUT2D eigenvalue weighted by Gasteiger charge is 2.31. The van der Waals surface area contributed by atoms with E-state index < -0.39 is 10.0 Å². The lowest BCUT2D eigenvalue weighted by Gasteiger charge is -2.20. The van der Waals surface area contributed by atoms with Crippen molar-refractivity contribution in [3.63, 3.8) is 0 Å². The monoisotopic (exact) mass is 267 g/mol. The average molecular weight is 267 g/mol. The summed E-state index contributed by atoms with van der Waals surface area (Å²) in [7, 11) is -3.43. The van der Waals surface area contributed by atoms with Gasteiger partial charge in [-0.1, -0.05) is 30.3 Å². The highest BCUT2D eigenvalue weighted by atomic mass is 32.2. The van der Waals surface area contributed by atoms with E-state index in [9.17, 15) is 8.42 Å². The van der Waals surface area contributed by atoms with Crippen LogP contribution in [0.5, 0.6) is 0 Å². The second kappa shape index (κ2) is 5.65. The zero-order valence-corrected chi connectivity index (χ0v) is 10.9. The van der Waals surface area contributed by atoms with Gasteiger partial charge in [0.2, 0.25) is 10.0 Å². The Labute approximate surface area is 108 Å². The van der Waals surface area contributed by atoms with Gasteiger partial charge in [-0.2, -0.15) is 4.31 Å². The molecule has 1 saturated heterocycles. The summed E-state index contributed by atoms with van der Waals surface area (Å²) < 4.78 is 25.6. The van der Waals surface area contributed by atoms with E-state index in [4.69, 9.17) is 5.11 Å². The number of benzene rings is 1. The van der Waals surface area contributed by atoms with E-state index in [1.807, 2.05) is 30.3 Å². The molecular formula is C13H17NO3S. The molecule has 2 rings (SSSR count). The van der Waals surface area contributed by atoms with Crippen LogP contribution < -0.4 is 0 Å². The van der Waals surface area contributed by atoms with E-state index in [1.54, 1.807) is 6.08 Å². The molecule has 1 heterocycles. The first kappa shape index (κ1) is 13.3. The highest BCUT2D eigenvalue weighted by Crippen LogP contribution is 2.21. The minimum absolute atomic E-state index is 0.113. The first-order chi connectivity index (χ1) is 8.63. The molecule has 1 aliphatic heterocycles. The molecule has 4 nitrogen and oxygen atoms in total. The Morgan fingerprint density at radius 2 is 2.06 bits per heavy atom. The van der Waals surface area contributed by atoms with E-state index in [1.165, 1.54) is 9.71 Å². The number of rotatable bonds is 4. The smallest absolute Gasteiger partial charge is 0.236 e. The number of sulfonamides is 1. The second-order valence-corrected chi connectivity index (χ2v) is 6.12. The molecule has 1 aliphatic rings. The molecule has 1 fully saturated rings. The summed E-state index contributed by atoms with van der Waals surface area (Å²) in [6.45, 7) is 0.380. The first-order valence-corrected chi connectivity index (χ1v) is 7.49. The van der Waals surface area contributed by atoms with Gasteiger partial charge in [-0.25, -0.2) is 8.42 Å². The van der Waals surface area contributed by atoms with Crippen LogP contribution in [0.15, 0.2) is 35.7 Å². The van der Waals surface area contributed by atoms with Gasteiger partial charge in [-0.15, -0.1) is 0 Å². The molecule has 98 valence electrons. The van der Waals surface area contributed by atoms with E-state index >= 15 is 0 Å². The summed E-state index contributed by atoms with van der Waals surface area (Å²) in [4.78, 5) is 0. The number of nitrogens with zero attached hydrogens (tertiary/aromatic N) is 1. The summed E-state index contributed by atoms with van der Waals surface area (Å²) in [6.07, 6.45) is 3.13. The molecule has 5 heteroatoms. The van der Waals surface area contributed by atoms with Crippen LogP contribution in [0.3, 0.4) is 0 Å². The number of hydrogen-bond donors (Lipinski definition) is 1. The number of aliphatic hydroxyl groups excluding tert-OH is 1. The third kappa shape index (κ3) is 2.98. The van der Waals surface area contributed by atoms with Crippen molar-refractivity contribution in [2.24, 2.45) is 0 Å². The number of hydrogen-bond acceptors (Lipinski definition) is 3. The Bertz CT molecular complexity index is 510. The third-order valence-electron chi connectivity index (χ3n) is 3.09. The van der Waals surface area contributed by atoms with Crippen molar-refractivity contribution in [3.05, 3.63) is 41.3 Å². The SMILES string of the molecule is O=S(=O)(C=Cc1ccccc1)N1CCCC1CO. The predicted octanol–water partition coefficient (Wildman–Crippen LogP) is 1.44. The number of aliphatic hydroxyl groups is 1. The molecule has 18 heavy (non-hydrogen) atoms. The van der Waals surface area contributed by atoms with Gasteiger partial charge in [0.25, 0.3) is 0 Å². The Morgan fingerprint density at radius 1 is 1.33 bits per heavy atom. The molecular weight excluding hydrogens is 250 g/mol. The lowest BCUT2D eigenvalue weighted by molar-refractivity contribution is 0.214. The Morgan fingerprint density at radius 3 is 2.72 bits per heavy atom. The fourth-order valence-electron chi connectivity index (χ4n) is 2.13. The van der Waals surface area contributed by atoms with Crippen molar-refractivity contribution in [2.45, 2.75) is 18.9 Å². The van der Waals surface area contributed by atoms with Crippen molar-refractivity contribution in [3.8, 4) is 0 Å². The summed E-state index contributed by atoms with van der Waals surface area (Å²) in [6, 6.07) is 9.03. The lowest BCUT2D eigenvalue weighted by Crippen LogP contribution is -2.36. The van der Waals surface area contributed by atoms with Crippen molar-refractivity contribution in [1.82, 2.24) is 4.31 Å². The third-order valence-corrected chi connectivity index (χ3v) is 4.71. The van der Waals surface area contributed by atoms with Gasteiger partial charge < -0.3 is 5.11 Å². The molecule has 0 bridgehead atoms. The van der Waals surface area contributed by atoms with Gasteiger partial charge >= 0.3 is 0 Å². The summed E-state index contributed by atoms with van der Waals surface area (Å²) >= 11 is 0. The van der Waals surface area contributed by atoms with Crippen LogP contribution in [0.4, 0.5) is 0 Å². The summed E-state index contributed by atoms with van der Waals surface area (Å²) in [5, 5.41) is 10.4. The van der Waals surface area contributed by atoms with Gasteiger partial charge in [-0.3, -0.25) is 0 Å². The molecule has 0 aliphatic carbocycles. The quantitative estimate of drug-likeness (QED) is 0.898. The first-order valence-electron chi connectivity index (χ1n) is 5.99.